The number of nitrogens with one attached hydrogen (secondary N) is 1. The quantitative estimate of drug-likeness (QED) is 0.843. The highest BCUT2D eigenvalue weighted by molar-refractivity contribution is 9.10. The number of aromatic amines is 1. The fraction of sp³-hybridized carbons (Fsp3) is 0. The van der Waals surface area contributed by atoms with Crippen LogP contribution in [-0.4, -0.2) is 9.97 Å². The lowest BCUT2D eigenvalue weighted by Gasteiger charge is -1.98. The zero-order valence-corrected chi connectivity index (χ0v) is 8.75. The average molecular weight is 248 g/mol. The molecule has 1 heterocycles. The van der Waals surface area contributed by atoms with E-state index in [1.54, 1.807) is 24.7 Å². The Kier molecular flexibility index (Phi) is 2.33. The molecule has 0 saturated carbocycles. The molecule has 1 aromatic heterocycles. The Labute approximate surface area is 89.5 Å². The Morgan fingerprint density at radius 2 is 2.21 bits per heavy atom. The van der Waals surface area contributed by atoms with E-state index in [-0.39, 0.29) is 0 Å². The van der Waals surface area contributed by atoms with Gasteiger partial charge in [0.05, 0.1) is 23.7 Å². The van der Waals surface area contributed by atoms with Crippen LogP contribution in [0.25, 0.3) is 11.3 Å². The number of H-pyrrole nitrogens is 1. The fourth-order valence-corrected chi connectivity index (χ4v) is 1.71. The minimum absolute atomic E-state index is 0.623. The summed E-state index contributed by atoms with van der Waals surface area (Å²) < 4.78 is 0.884. The summed E-state index contributed by atoms with van der Waals surface area (Å²) in [6.07, 6.45) is 3.41. The predicted molar refractivity (Wildman–Crippen MR) is 56.4 cm³/mol. The first kappa shape index (κ1) is 8.97. The summed E-state index contributed by atoms with van der Waals surface area (Å²) in [5.41, 5.74) is 2.39. The Bertz CT molecular complexity index is 483. The van der Waals surface area contributed by atoms with Crippen molar-refractivity contribution in [3.63, 3.8) is 0 Å². The van der Waals surface area contributed by atoms with Crippen molar-refractivity contribution in [2.24, 2.45) is 0 Å². The number of nitrogens with zero attached hydrogens (tertiary/aromatic N) is 2. The van der Waals surface area contributed by atoms with Crippen molar-refractivity contribution in [2.75, 3.05) is 0 Å². The molecule has 0 atom stereocenters. The van der Waals surface area contributed by atoms with E-state index in [2.05, 4.69) is 32.0 Å². The summed E-state index contributed by atoms with van der Waals surface area (Å²) in [5, 5.41) is 8.78. The van der Waals surface area contributed by atoms with Crippen LogP contribution in [0.15, 0.2) is 35.2 Å². The molecule has 2 aromatic rings. The van der Waals surface area contributed by atoms with Gasteiger partial charge in [-0.25, -0.2) is 4.98 Å². The molecule has 0 spiro atoms. The third-order valence-corrected chi connectivity index (χ3v) is 2.28. The van der Waals surface area contributed by atoms with Crippen LogP contribution in [0.4, 0.5) is 0 Å². The van der Waals surface area contributed by atoms with Gasteiger partial charge in [0.15, 0.2) is 0 Å². The van der Waals surface area contributed by atoms with E-state index in [0.29, 0.717) is 5.56 Å². The maximum Gasteiger partial charge on any atom is 0.0992 e. The van der Waals surface area contributed by atoms with Gasteiger partial charge in [-0.15, -0.1) is 0 Å². The van der Waals surface area contributed by atoms with Crippen molar-refractivity contribution in [3.05, 3.63) is 40.8 Å². The Morgan fingerprint density at radius 3 is 2.86 bits per heavy atom. The van der Waals surface area contributed by atoms with E-state index in [9.17, 15) is 0 Å². The van der Waals surface area contributed by atoms with Gasteiger partial charge >= 0.3 is 0 Å². The van der Waals surface area contributed by atoms with Gasteiger partial charge < -0.3 is 4.98 Å². The van der Waals surface area contributed by atoms with Gasteiger partial charge in [0, 0.05) is 16.2 Å². The molecule has 0 amide bonds. The van der Waals surface area contributed by atoms with Crippen molar-refractivity contribution < 1.29 is 0 Å². The number of hydrogen-bond donors (Lipinski definition) is 1. The van der Waals surface area contributed by atoms with Gasteiger partial charge in [-0.2, -0.15) is 5.26 Å². The Balaban J connectivity index is 2.55. The summed E-state index contributed by atoms with van der Waals surface area (Å²) in [5.74, 6) is 0. The lowest BCUT2D eigenvalue weighted by molar-refractivity contribution is 1.31. The lowest BCUT2D eigenvalue weighted by Crippen LogP contribution is -1.81. The van der Waals surface area contributed by atoms with Crippen LogP contribution in [0.3, 0.4) is 0 Å². The zero-order valence-electron chi connectivity index (χ0n) is 7.16. The number of nitriles is 1. The molecule has 0 aliphatic rings. The topological polar surface area (TPSA) is 52.5 Å². The van der Waals surface area contributed by atoms with Gasteiger partial charge in [-0.05, 0) is 18.2 Å². The molecular weight excluding hydrogens is 242 g/mol. The molecule has 0 saturated heterocycles. The number of aromatic nitrogens is 2. The maximum absolute atomic E-state index is 8.78. The Hall–Kier alpha value is -1.60. The molecule has 4 heteroatoms. The van der Waals surface area contributed by atoms with E-state index < -0.39 is 0 Å². The van der Waals surface area contributed by atoms with Crippen molar-refractivity contribution in [2.45, 2.75) is 0 Å². The molecular formula is C10H6BrN3. The second kappa shape index (κ2) is 3.64. The minimum Gasteiger partial charge on any atom is -0.351 e. The number of benzene rings is 1. The van der Waals surface area contributed by atoms with Crippen LogP contribution in [0.2, 0.25) is 0 Å². The summed E-state index contributed by atoms with van der Waals surface area (Å²) >= 11 is 3.35. The maximum atomic E-state index is 8.78. The van der Waals surface area contributed by atoms with Crippen molar-refractivity contribution in [1.29, 1.82) is 5.26 Å². The first-order valence-corrected chi connectivity index (χ1v) is 4.79. The molecule has 3 nitrogen and oxygen atoms in total. The number of halogens is 1. The van der Waals surface area contributed by atoms with E-state index in [1.165, 1.54) is 0 Å². The number of imidazole rings is 1. The standard InChI is InChI=1S/C10H6BrN3/c11-9-2-7(4-12)1-8(3-9)10-5-13-6-14-10/h1-3,5-6H,(H,13,14). The SMILES string of the molecule is N#Cc1cc(Br)cc(-c2c[nH]cn2)c1. The first-order chi connectivity index (χ1) is 6.79. The normalized spacial score (nSPS) is 9.71. The van der Waals surface area contributed by atoms with Crippen LogP contribution < -0.4 is 0 Å². The van der Waals surface area contributed by atoms with E-state index in [0.717, 1.165) is 15.7 Å². The van der Waals surface area contributed by atoms with E-state index in [1.807, 2.05) is 6.07 Å². The van der Waals surface area contributed by atoms with Crippen LogP contribution in [-0.2, 0) is 0 Å². The van der Waals surface area contributed by atoms with Crippen molar-refractivity contribution >= 4 is 15.9 Å². The summed E-state index contributed by atoms with van der Waals surface area (Å²) in [4.78, 5) is 6.99. The molecule has 0 aliphatic heterocycles. The van der Waals surface area contributed by atoms with Gasteiger partial charge in [-0.1, -0.05) is 15.9 Å². The van der Waals surface area contributed by atoms with Crippen LogP contribution in [0, 0.1) is 11.3 Å². The second-order valence-corrected chi connectivity index (χ2v) is 3.71. The van der Waals surface area contributed by atoms with E-state index >= 15 is 0 Å². The molecule has 0 bridgehead atoms. The average Bonchev–Trinajstić information content (AvgIpc) is 2.69. The Morgan fingerprint density at radius 1 is 1.36 bits per heavy atom. The van der Waals surface area contributed by atoms with Crippen molar-refractivity contribution in [1.82, 2.24) is 9.97 Å². The van der Waals surface area contributed by atoms with Gasteiger partial charge in [-0.3, -0.25) is 0 Å². The molecule has 0 aliphatic carbocycles. The van der Waals surface area contributed by atoms with Crippen LogP contribution >= 0.6 is 15.9 Å². The second-order valence-electron chi connectivity index (χ2n) is 2.79. The monoisotopic (exact) mass is 247 g/mol. The molecule has 2 rings (SSSR count). The molecule has 0 fully saturated rings. The molecule has 1 N–H and O–H groups in total. The molecule has 14 heavy (non-hydrogen) atoms. The van der Waals surface area contributed by atoms with Gasteiger partial charge in [0.2, 0.25) is 0 Å². The highest BCUT2D eigenvalue weighted by atomic mass is 79.9. The zero-order chi connectivity index (χ0) is 9.97. The highest BCUT2D eigenvalue weighted by Gasteiger charge is 2.02. The van der Waals surface area contributed by atoms with Crippen LogP contribution in [0.5, 0.6) is 0 Å². The smallest absolute Gasteiger partial charge is 0.0992 e. The van der Waals surface area contributed by atoms with E-state index in [4.69, 9.17) is 5.26 Å². The third kappa shape index (κ3) is 1.68. The largest absolute Gasteiger partial charge is 0.351 e. The molecule has 1 aromatic carbocycles. The lowest BCUT2D eigenvalue weighted by atomic mass is 10.1. The number of hydrogen-bond acceptors (Lipinski definition) is 2. The minimum atomic E-state index is 0.623. The molecule has 0 unspecified atom stereocenters. The highest BCUT2D eigenvalue weighted by Crippen LogP contribution is 2.22. The number of rotatable bonds is 1. The fourth-order valence-electron chi connectivity index (χ4n) is 1.22. The molecule has 0 radical (unpaired) electrons. The third-order valence-electron chi connectivity index (χ3n) is 1.82. The first-order valence-electron chi connectivity index (χ1n) is 3.99. The summed E-state index contributed by atoms with van der Waals surface area (Å²) in [6.45, 7) is 0. The summed E-state index contributed by atoms with van der Waals surface area (Å²) in [7, 11) is 0. The van der Waals surface area contributed by atoms with Gasteiger partial charge in [0.1, 0.15) is 0 Å². The summed E-state index contributed by atoms with van der Waals surface area (Å²) in [6, 6.07) is 7.61. The van der Waals surface area contributed by atoms with Crippen LogP contribution in [0.1, 0.15) is 5.56 Å². The van der Waals surface area contributed by atoms with Gasteiger partial charge in [0.25, 0.3) is 0 Å². The predicted octanol–water partition coefficient (Wildman–Crippen LogP) is 2.71. The van der Waals surface area contributed by atoms with Crippen molar-refractivity contribution in [3.8, 4) is 17.3 Å². The molecule has 68 valence electrons.